The van der Waals surface area contributed by atoms with Crippen LogP contribution in [0.5, 0.6) is 0 Å². The van der Waals surface area contributed by atoms with Gasteiger partial charge >= 0.3 is 5.97 Å². The lowest BCUT2D eigenvalue weighted by Gasteiger charge is -2.39. The first-order valence-corrected chi connectivity index (χ1v) is 19.2. The lowest BCUT2D eigenvalue weighted by molar-refractivity contribution is -0.150. The monoisotopic (exact) mass is 745 g/mol. The summed E-state index contributed by atoms with van der Waals surface area (Å²) in [6.07, 6.45) is 7.96. The van der Waals surface area contributed by atoms with Crippen molar-refractivity contribution in [1.29, 1.82) is 0 Å². The highest BCUT2D eigenvalue weighted by molar-refractivity contribution is 7.89. The van der Waals surface area contributed by atoms with E-state index in [1.165, 1.54) is 39.2 Å². The van der Waals surface area contributed by atoms with Crippen molar-refractivity contribution < 1.29 is 46.9 Å². The van der Waals surface area contributed by atoms with Crippen LogP contribution < -0.4 is 5.32 Å². The summed E-state index contributed by atoms with van der Waals surface area (Å²) in [7, 11) is 1.11. The predicted octanol–water partition coefficient (Wildman–Crippen LogP) is 3.27. The predicted molar refractivity (Wildman–Crippen MR) is 194 cm³/mol. The molecule has 3 aliphatic rings. The minimum absolute atomic E-state index is 0.0397. The van der Waals surface area contributed by atoms with Crippen LogP contribution in [0.25, 0.3) is 0 Å². The zero-order valence-electron chi connectivity index (χ0n) is 31.5. The zero-order valence-corrected chi connectivity index (χ0v) is 32.3. The van der Waals surface area contributed by atoms with Gasteiger partial charge in [-0.05, 0) is 63.3 Å². The van der Waals surface area contributed by atoms with Gasteiger partial charge in [-0.3, -0.25) is 14.4 Å². The van der Waals surface area contributed by atoms with E-state index in [1.807, 2.05) is 26.0 Å². The van der Waals surface area contributed by atoms with Gasteiger partial charge in [-0.1, -0.05) is 42.9 Å². The average Bonchev–Trinajstić information content (AvgIpc) is 3.85. The van der Waals surface area contributed by atoms with Crippen molar-refractivity contribution in [2.75, 3.05) is 27.7 Å². The summed E-state index contributed by atoms with van der Waals surface area (Å²) in [6.45, 7) is 9.73. The third-order valence-corrected chi connectivity index (χ3v) is 11.7. The minimum Gasteiger partial charge on any atom is -0.459 e. The summed E-state index contributed by atoms with van der Waals surface area (Å²) in [5.41, 5.74) is 1.03. The van der Waals surface area contributed by atoms with Crippen LogP contribution in [0.2, 0.25) is 0 Å². The number of carbonyl (C=O) groups excluding carboxylic acids is 3. The fourth-order valence-electron chi connectivity index (χ4n) is 6.58. The van der Waals surface area contributed by atoms with Crippen molar-refractivity contribution in [2.45, 2.75) is 120 Å². The normalized spacial score (nSPS) is 30.1. The van der Waals surface area contributed by atoms with Crippen molar-refractivity contribution in [3.05, 3.63) is 65.8 Å². The number of sulfonamides is 1. The molecule has 1 aromatic carbocycles. The summed E-state index contributed by atoms with van der Waals surface area (Å²) in [5.74, 6) is -0.625. The van der Waals surface area contributed by atoms with Crippen molar-refractivity contribution in [3.8, 4) is 0 Å². The van der Waals surface area contributed by atoms with Crippen molar-refractivity contribution in [3.63, 3.8) is 0 Å². The number of nitrogens with one attached hydrogen (secondary N) is 1. The van der Waals surface area contributed by atoms with E-state index in [-0.39, 0.29) is 47.3 Å². The molecule has 3 saturated heterocycles. The van der Waals surface area contributed by atoms with Gasteiger partial charge in [0.2, 0.25) is 21.8 Å². The maximum absolute atomic E-state index is 13.2. The third kappa shape index (κ3) is 11.1. The number of aliphatic hydroxyl groups excluding tert-OH is 1. The molecule has 4 rings (SSSR count). The van der Waals surface area contributed by atoms with Crippen molar-refractivity contribution in [1.82, 2.24) is 14.5 Å². The smallest absolute Gasteiger partial charge is 0.303 e. The highest BCUT2D eigenvalue weighted by atomic mass is 32.2. The zero-order chi connectivity index (χ0) is 38.4. The number of nitrogens with zero attached hydrogens (tertiary/aromatic N) is 2. The van der Waals surface area contributed by atoms with E-state index in [0.29, 0.717) is 26.0 Å². The number of rotatable bonds is 14. The molecule has 2 amide bonds. The number of carbonyl (C=O) groups is 3. The van der Waals surface area contributed by atoms with Crippen LogP contribution in [0.3, 0.4) is 0 Å². The van der Waals surface area contributed by atoms with Gasteiger partial charge in [0, 0.05) is 47.1 Å². The minimum atomic E-state index is -3.54. The molecule has 14 heteroatoms. The van der Waals surface area contributed by atoms with E-state index in [4.69, 9.17) is 18.9 Å². The third-order valence-electron chi connectivity index (χ3n) is 9.87. The maximum Gasteiger partial charge on any atom is 0.303 e. The summed E-state index contributed by atoms with van der Waals surface area (Å²) in [5, 5.41) is 14.1. The number of esters is 1. The Morgan fingerprint density at radius 1 is 1.10 bits per heavy atom. The van der Waals surface area contributed by atoms with Crippen LogP contribution in [-0.4, -0.2) is 117 Å². The van der Waals surface area contributed by atoms with Gasteiger partial charge in [0.15, 0.2) is 0 Å². The molecule has 52 heavy (non-hydrogen) atoms. The van der Waals surface area contributed by atoms with Gasteiger partial charge < -0.3 is 34.3 Å². The summed E-state index contributed by atoms with van der Waals surface area (Å²) >= 11 is 0. The second-order valence-electron chi connectivity index (χ2n) is 14.5. The molecule has 9 atom stereocenters. The number of benzene rings is 1. The summed E-state index contributed by atoms with van der Waals surface area (Å²) in [4.78, 5) is 38.5. The second kappa shape index (κ2) is 17.6. The molecule has 13 nitrogen and oxygen atoms in total. The molecule has 1 spiro atoms. The van der Waals surface area contributed by atoms with Crippen LogP contribution in [0, 0.1) is 5.92 Å². The molecule has 0 bridgehead atoms. The van der Waals surface area contributed by atoms with E-state index >= 15 is 0 Å². The lowest BCUT2D eigenvalue weighted by atomic mass is 9.87. The van der Waals surface area contributed by atoms with Crippen molar-refractivity contribution >= 4 is 27.8 Å². The Kier molecular flexibility index (Phi) is 14.0. The van der Waals surface area contributed by atoms with E-state index in [2.05, 4.69) is 18.3 Å². The SMILES string of the molecule is CC(=O)O[C@@H](C)/C=C\C(=O)N[C@@H]1C[C@H](C)[C@H](C/C=C(C)/C=C/[C@H]2O[C@H](CC(=O)N(C)Cc3ccc(S(=O)(=O)N(C)C)cc3)CC3(CO3)[C@@H]2O)O[C@@H]1C. The first-order chi connectivity index (χ1) is 24.4. The van der Waals surface area contributed by atoms with Crippen LogP contribution in [0.15, 0.2) is 65.1 Å². The molecule has 0 aromatic heterocycles. The van der Waals surface area contributed by atoms with E-state index < -0.39 is 46.0 Å². The van der Waals surface area contributed by atoms with Gasteiger partial charge in [-0.2, -0.15) is 0 Å². The maximum atomic E-state index is 13.2. The van der Waals surface area contributed by atoms with Crippen LogP contribution in [-0.2, 0) is 49.9 Å². The van der Waals surface area contributed by atoms with Gasteiger partial charge in [0.1, 0.15) is 23.9 Å². The topological polar surface area (TPSA) is 164 Å². The van der Waals surface area contributed by atoms with Gasteiger partial charge in [0.25, 0.3) is 0 Å². The van der Waals surface area contributed by atoms with Gasteiger partial charge in [-0.25, -0.2) is 12.7 Å². The molecule has 1 unspecified atom stereocenters. The van der Waals surface area contributed by atoms with Crippen molar-refractivity contribution in [2.24, 2.45) is 5.92 Å². The van der Waals surface area contributed by atoms with Gasteiger partial charge in [0.05, 0.1) is 42.3 Å². The molecule has 2 N–H and O–H groups in total. The van der Waals surface area contributed by atoms with Crippen LogP contribution >= 0.6 is 0 Å². The highest BCUT2D eigenvalue weighted by Gasteiger charge is 2.58. The number of ether oxygens (including phenoxy) is 4. The standard InChI is InChI=1S/C38H55N3O10S/c1-24(9-16-33-25(2)19-32(27(4)50-33)39-35(43)18-11-26(3)49-28(5)42)10-17-34-37(45)38(23-48-38)21-30(51-34)20-36(44)41(8)22-29-12-14-31(15-13-29)52(46,47)40(6)7/h9-15,17-18,25-27,30,32-34,37,45H,16,19-23H2,1-8H3,(H,39,43)/b17-10+,18-11-,24-9+/t25-,26-,27+,30+,32+,33-,34+,37+,38?/m0/s1. The quantitative estimate of drug-likeness (QED) is 0.125. The molecule has 0 saturated carbocycles. The number of aliphatic hydroxyl groups is 1. The first kappa shape index (κ1) is 41.4. The highest BCUT2D eigenvalue weighted by Crippen LogP contribution is 2.43. The second-order valence-corrected chi connectivity index (χ2v) is 16.7. The Morgan fingerprint density at radius 2 is 1.77 bits per heavy atom. The number of hydrogen-bond donors (Lipinski definition) is 2. The Labute approximate surface area is 308 Å². The van der Waals surface area contributed by atoms with E-state index in [0.717, 1.165) is 21.9 Å². The van der Waals surface area contributed by atoms with Crippen LogP contribution in [0.4, 0.5) is 0 Å². The number of epoxide rings is 1. The average molecular weight is 746 g/mol. The fourth-order valence-corrected chi connectivity index (χ4v) is 7.48. The lowest BCUT2D eigenvalue weighted by Crippen LogP contribution is -2.51. The molecule has 3 heterocycles. The molecule has 0 aliphatic carbocycles. The largest absolute Gasteiger partial charge is 0.459 e. The Hall–Kier alpha value is -3.40. The first-order valence-electron chi connectivity index (χ1n) is 17.8. The Morgan fingerprint density at radius 3 is 2.38 bits per heavy atom. The number of allylic oxidation sites excluding steroid dienone is 2. The Balaban J connectivity index is 1.28. The summed E-state index contributed by atoms with van der Waals surface area (Å²) < 4.78 is 49.2. The molecular weight excluding hydrogens is 690 g/mol. The number of amides is 2. The number of hydrogen-bond acceptors (Lipinski definition) is 10. The van der Waals surface area contributed by atoms with Gasteiger partial charge in [-0.15, -0.1) is 0 Å². The van der Waals surface area contributed by atoms with E-state index in [9.17, 15) is 27.9 Å². The molecule has 288 valence electrons. The molecule has 3 fully saturated rings. The summed E-state index contributed by atoms with van der Waals surface area (Å²) in [6, 6.07) is 6.32. The molecule has 0 radical (unpaired) electrons. The molecule has 1 aromatic rings. The molecular formula is C38H55N3O10S. The van der Waals surface area contributed by atoms with Crippen LogP contribution in [0.1, 0.15) is 65.9 Å². The van der Waals surface area contributed by atoms with E-state index in [1.54, 1.807) is 37.1 Å². The fraction of sp³-hybridized carbons (Fsp3) is 0.605. The Bertz CT molecular complexity index is 1620. The molecule has 3 aliphatic heterocycles.